The van der Waals surface area contributed by atoms with E-state index < -0.39 is 26.0 Å². The number of pyridine rings is 1. The normalized spacial score (nSPS) is 12.4. The number of esters is 1. The minimum Gasteiger partial charge on any atom is -0.479 e. The van der Waals surface area contributed by atoms with E-state index in [-0.39, 0.29) is 10.9 Å². The number of hydrogen-bond donors (Lipinski definition) is 0. The highest BCUT2D eigenvalue weighted by Gasteiger charge is 2.19. The third kappa shape index (κ3) is 7.19. The van der Waals surface area contributed by atoms with Crippen LogP contribution >= 0.6 is 11.6 Å². The summed E-state index contributed by atoms with van der Waals surface area (Å²) in [6.07, 6.45) is 0.571. The van der Waals surface area contributed by atoms with Crippen LogP contribution in [0.3, 0.4) is 0 Å². The molecule has 1 aromatic carbocycles. The number of hydrogen-bond acceptors (Lipinski definition) is 5. The summed E-state index contributed by atoms with van der Waals surface area (Å²) in [6, 6.07) is 8.45. The first-order valence-electron chi connectivity index (χ1n) is 8.56. The van der Waals surface area contributed by atoms with Crippen molar-refractivity contribution in [1.82, 2.24) is 4.98 Å². The number of carbonyl (C=O) groups excluding carboxylic acids is 1. The standard InChI is InChI=1S/C19H23ClFNO4Si/c1-13(19(23)24-9-10-27(2,3)4)25-15-5-7-16(8-6-15)26-18-17(21)11-14(20)12-22-18/h5-8,11-13H,9-10H2,1-4H3. The van der Waals surface area contributed by atoms with Gasteiger partial charge in [-0.2, -0.15) is 0 Å². The van der Waals surface area contributed by atoms with E-state index >= 15 is 0 Å². The Morgan fingerprint density at radius 1 is 1.22 bits per heavy atom. The lowest BCUT2D eigenvalue weighted by atomic mass is 10.3. The molecule has 0 saturated carbocycles. The second kappa shape index (κ2) is 9.19. The van der Waals surface area contributed by atoms with Crippen LogP contribution in [0.15, 0.2) is 36.5 Å². The fourth-order valence-electron chi connectivity index (χ4n) is 2.00. The van der Waals surface area contributed by atoms with Crippen LogP contribution in [0.2, 0.25) is 30.7 Å². The van der Waals surface area contributed by atoms with Gasteiger partial charge in [-0.25, -0.2) is 14.2 Å². The summed E-state index contributed by atoms with van der Waals surface area (Å²) < 4.78 is 29.9. The summed E-state index contributed by atoms with van der Waals surface area (Å²) >= 11 is 5.66. The van der Waals surface area contributed by atoms with Crippen LogP contribution in [0.4, 0.5) is 4.39 Å². The topological polar surface area (TPSA) is 57.7 Å². The van der Waals surface area contributed by atoms with Gasteiger partial charge in [-0.3, -0.25) is 0 Å². The van der Waals surface area contributed by atoms with Crippen LogP contribution in [0, 0.1) is 5.82 Å². The van der Waals surface area contributed by atoms with Crippen LogP contribution in [-0.2, 0) is 9.53 Å². The molecule has 1 aromatic heterocycles. The lowest BCUT2D eigenvalue weighted by Crippen LogP contribution is -2.29. The minimum atomic E-state index is -1.25. The van der Waals surface area contributed by atoms with Gasteiger partial charge in [0.05, 0.1) is 11.6 Å². The molecule has 0 aliphatic carbocycles. The third-order valence-electron chi connectivity index (χ3n) is 3.55. The number of nitrogens with zero attached hydrogens (tertiary/aromatic N) is 1. The molecule has 0 saturated heterocycles. The Morgan fingerprint density at radius 3 is 2.44 bits per heavy atom. The average molecular weight is 412 g/mol. The van der Waals surface area contributed by atoms with Gasteiger partial charge in [-0.05, 0) is 43.3 Å². The number of halogens is 2. The lowest BCUT2D eigenvalue weighted by Gasteiger charge is -2.18. The van der Waals surface area contributed by atoms with E-state index in [1.54, 1.807) is 31.2 Å². The van der Waals surface area contributed by atoms with E-state index in [9.17, 15) is 9.18 Å². The van der Waals surface area contributed by atoms with Gasteiger partial charge in [0.25, 0.3) is 5.88 Å². The number of benzene rings is 1. The molecular weight excluding hydrogens is 389 g/mol. The van der Waals surface area contributed by atoms with Crippen molar-refractivity contribution in [3.63, 3.8) is 0 Å². The maximum atomic E-state index is 13.7. The van der Waals surface area contributed by atoms with Crippen molar-refractivity contribution in [3.05, 3.63) is 47.4 Å². The second-order valence-corrected chi connectivity index (χ2v) is 13.3. The van der Waals surface area contributed by atoms with Gasteiger partial charge in [0.2, 0.25) is 0 Å². The SMILES string of the molecule is CC(Oc1ccc(Oc2ncc(Cl)cc2F)cc1)C(=O)OCC[Si](C)(C)C. The third-order valence-corrected chi connectivity index (χ3v) is 5.46. The summed E-state index contributed by atoms with van der Waals surface area (Å²) in [5.41, 5.74) is 0. The molecule has 0 N–H and O–H groups in total. The maximum absolute atomic E-state index is 13.7. The molecule has 2 aromatic rings. The predicted molar refractivity (Wildman–Crippen MR) is 105 cm³/mol. The van der Waals surface area contributed by atoms with Crippen molar-refractivity contribution in [2.45, 2.75) is 38.7 Å². The smallest absolute Gasteiger partial charge is 0.347 e. The molecule has 0 bridgehead atoms. The van der Waals surface area contributed by atoms with E-state index in [1.807, 2.05) is 0 Å². The molecule has 8 heteroatoms. The summed E-state index contributed by atoms with van der Waals surface area (Å²) in [5.74, 6) is -0.381. The summed E-state index contributed by atoms with van der Waals surface area (Å²) in [5, 5.41) is 0.189. The number of aromatic nitrogens is 1. The molecule has 0 aliphatic rings. The highest BCUT2D eigenvalue weighted by atomic mass is 35.5. The first-order chi connectivity index (χ1) is 12.6. The Bertz CT molecular complexity index is 780. The highest BCUT2D eigenvalue weighted by Crippen LogP contribution is 2.26. The number of carbonyl (C=O) groups is 1. The average Bonchev–Trinajstić information content (AvgIpc) is 2.57. The summed E-state index contributed by atoms with van der Waals surface area (Å²) in [6.45, 7) is 8.70. The monoisotopic (exact) mass is 411 g/mol. The van der Waals surface area contributed by atoms with Gasteiger partial charge in [0.1, 0.15) is 11.5 Å². The molecule has 27 heavy (non-hydrogen) atoms. The molecule has 0 fully saturated rings. The summed E-state index contributed by atoms with van der Waals surface area (Å²) in [4.78, 5) is 15.8. The quantitative estimate of drug-likeness (QED) is 0.435. The highest BCUT2D eigenvalue weighted by molar-refractivity contribution is 6.76. The van der Waals surface area contributed by atoms with E-state index in [4.69, 9.17) is 25.8 Å². The Morgan fingerprint density at radius 2 is 1.85 bits per heavy atom. The zero-order valence-electron chi connectivity index (χ0n) is 15.8. The Labute approximate surface area is 164 Å². The molecule has 2 rings (SSSR count). The van der Waals surface area contributed by atoms with Crippen LogP contribution in [0.5, 0.6) is 17.4 Å². The molecule has 1 atom stereocenters. The number of ether oxygens (including phenoxy) is 3. The fourth-order valence-corrected chi connectivity index (χ4v) is 2.86. The molecule has 0 aliphatic heterocycles. The molecule has 1 unspecified atom stereocenters. The Balaban J connectivity index is 1.88. The first kappa shape index (κ1) is 21.2. The molecular formula is C19H23ClFNO4Si. The van der Waals surface area contributed by atoms with Crippen LogP contribution in [0.25, 0.3) is 0 Å². The zero-order chi connectivity index (χ0) is 20.0. The zero-order valence-corrected chi connectivity index (χ0v) is 17.5. The predicted octanol–water partition coefficient (Wildman–Crippen LogP) is 5.32. The summed E-state index contributed by atoms with van der Waals surface area (Å²) in [7, 11) is -1.25. The van der Waals surface area contributed by atoms with Crippen LogP contribution < -0.4 is 9.47 Å². The van der Waals surface area contributed by atoms with Gasteiger partial charge >= 0.3 is 5.97 Å². The molecule has 1 heterocycles. The fraction of sp³-hybridized carbons (Fsp3) is 0.368. The van der Waals surface area contributed by atoms with Crippen molar-refractivity contribution in [3.8, 4) is 17.4 Å². The van der Waals surface area contributed by atoms with E-state index in [1.165, 1.54) is 6.20 Å². The van der Waals surface area contributed by atoms with Crippen LogP contribution in [-0.4, -0.2) is 31.7 Å². The van der Waals surface area contributed by atoms with E-state index in [0.29, 0.717) is 18.1 Å². The van der Waals surface area contributed by atoms with Crippen molar-refractivity contribution in [2.75, 3.05) is 6.61 Å². The van der Waals surface area contributed by atoms with Gasteiger partial charge < -0.3 is 14.2 Å². The Kier molecular flexibility index (Phi) is 7.21. The van der Waals surface area contributed by atoms with Crippen molar-refractivity contribution < 1.29 is 23.4 Å². The minimum absolute atomic E-state index is 0.174. The van der Waals surface area contributed by atoms with Gasteiger partial charge in [-0.15, -0.1) is 0 Å². The van der Waals surface area contributed by atoms with Crippen LogP contribution in [0.1, 0.15) is 6.92 Å². The molecule has 5 nitrogen and oxygen atoms in total. The molecule has 0 spiro atoms. The van der Waals surface area contributed by atoms with Gasteiger partial charge in [0.15, 0.2) is 11.9 Å². The Hall–Kier alpha value is -2.12. The molecule has 146 valence electrons. The van der Waals surface area contributed by atoms with E-state index in [0.717, 1.165) is 12.1 Å². The molecule has 0 radical (unpaired) electrons. The second-order valence-electron chi connectivity index (χ2n) is 7.25. The number of rotatable bonds is 8. The lowest BCUT2D eigenvalue weighted by molar-refractivity contribution is -0.150. The largest absolute Gasteiger partial charge is 0.479 e. The van der Waals surface area contributed by atoms with Gasteiger partial charge in [-0.1, -0.05) is 31.2 Å². The van der Waals surface area contributed by atoms with E-state index in [2.05, 4.69) is 24.6 Å². The van der Waals surface area contributed by atoms with Crippen molar-refractivity contribution >= 4 is 25.6 Å². The van der Waals surface area contributed by atoms with Crippen molar-refractivity contribution in [2.24, 2.45) is 0 Å². The van der Waals surface area contributed by atoms with Crippen molar-refractivity contribution in [1.29, 1.82) is 0 Å². The maximum Gasteiger partial charge on any atom is 0.347 e. The first-order valence-corrected chi connectivity index (χ1v) is 12.6. The van der Waals surface area contributed by atoms with Gasteiger partial charge in [0, 0.05) is 14.3 Å². The molecule has 0 amide bonds.